The van der Waals surface area contributed by atoms with Crippen molar-refractivity contribution in [1.29, 1.82) is 0 Å². The van der Waals surface area contributed by atoms with E-state index >= 15 is 0 Å². The van der Waals surface area contributed by atoms with Gasteiger partial charge in [-0.3, -0.25) is 9.59 Å². The number of rotatable bonds is 8. The molecule has 1 amide bonds. The number of carbonyl (C=O) groups excluding carboxylic acids is 2. The van der Waals surface area contributed by atoms with Crippen molar-refractivity contribution in [3.8, 4) is 0 Å². The normalized spacial score (nSPS) is 23.1. The maximum absolute atomic E-state index is 14.2. The molecular formula is C31H30FNO5. The highest BCUT2D eigenvalue weighted by Crippen LogP contribution is 2.51. The number of ether oxygens (including phenoxy) is 1. The molecule has 4 atom stereocenters. The second-order valence-electron chi connectivity index (χ2n) is 9.70. The van der Waals surface area contributed by atoms with E-state index in [4.69, 9.17) is 4.74 Å². The molecule has 0 aromatic heterocycles. The monoisotopic (exact) mass is 515 g/mol. The Morgan fingerprint density at radius 2 is 1.71 bits per heavy atom. The van der Waals surface area contributed by atoms with Crippen molar-refractivity contribution in [3.05, 3.63) is 113 Å². The van der Waals surface area contributed by atoms with E-state index in [0.29, 0.717) is 11.1 Å². The summed E-state index contributed by atoms with van der Waals surface area (Å²) in [5.41, 5.74) is 0.734. The lowest BCUT2D eigenvalue weighted by atomic mass is 9.72. The number of benzene rings is 3. The number of carbonyl (C=O) groups is 3. The Bertz CT molecular complexity index is 1350. The quantitative estimate of drug-likeness (QED) is 0.421. The summed E-state index contributed by atoms with van der Waals surface area (Å²) in [5, 5.41) is 10.6. The number of halogens is 1. The lowest BCUT2D eigenvalue weighted by molar-refractivity contribution is -0.158. The van der Waals surface area contributed by atoms with Crippen LogP contribution in [0.1, 0.15) is 39.9 Å². The smallest absolute Gasteiger partial charge is 0.330 e. The van der Waals surface area contributed by atoms with E-state index in [1.54, 1.807) is 30.4 Å². The minimum atomic E-state index is -1.83. The van der Waals surface area contributed by atoms with Crippen molar-refractivity contribution < 1.29 is 28.6 Å². The molecular weight excluding hydrogens is 485 g/mol. The number of aliphatic carboxylic acids is 1. The van der Waals surface area contributed by atoms with Gasteiger partial charge in [0.25, 0.3) is 0 Å². The second kappa shape index (κ2) is 11.1. The van der Waals surface area contributed by atoms with E-state index in [1.807, 2.05) is 43.3 Å². The van der Waals surface area contributed by atoms with E-state index in [0.717, 1.165) is 11.1 Å². The maximum atomic E-state index is 14.2. The molecule has 1 aliphatic rings. The molecule has 0 spiro atoms. The molecule has 1 N–H and O–H groups in total. The number of nitrogens with zero attached hydrogens (tertiary/aromatic N) is 1. The van der Waals surface area contributed by atoms with Gasteiger partial charge in [0.15, 0.2) is 5.78 Å². The van der Waals surface area contributed by atoms with Crippen LogP contribution in [0.15, 0.2) is 84.9 Å². The molecule has 1 aliphatic heterocycles. The van der Waals surface area contributed by atoms with Gasteiger partial charge in [-0.1, -0.05) is 78.4 Å². The Labute approximate surface area is 221 Å². The average Bonchev–Trinajstić information content (AvgIpc) is 3.17. The van der Waals surface area contributed by atoms with Crippen LogP contribution < -0.4 is 0 Å². The second-order valence-corrected chi connectivity index (χ2v) is 9.70. The number of hydrogen-bond donors (Lipinski definition) is 1. The zero-order chi connectivity index (χ0) is 27.4. The number of ketones is 1. The molecule has 3 aromatic rings. The fourth-order valence-corrected chi connectivity index (χ4v) is 5.50. The number of carboxylic acid groups (broad SMARTS) is 1. The number of aryl methyl sites for hydroxylation is 1. The van der Waals surface area contributed by atoms with Crippen LogP contribution >= 0.6 is 0 Å². The highest BCUT2D eigenvalue weighted by atomic mass is 19.1. The van der Waals surface area contributed by atoms with Gasteiger partial charge in [0, 0.05) is 18.6 Å². The molecule has 7 heteroatoms. The molecule has 1 heterocycles. The summed E-state index contributed by atoms with van der Waals surface area (Å²) in [7, 11) is 1.35. The molecule has 6 nitrogen and oxygen atoms in total. The first-order chi connectivity index (χ1) is 18.2. The first-order valence-corrected chi connectivity index (χ1v) is 12.3. The lowest BCUT2D eigenvalue weighted by Gasteiger charge is -2.37. The highest BCUT2D eigenvalue weighted by Gasteiger charge is 2.63. The summed E-state index contributed by atoms with van der Waals surface area (Å²) in [4.78, 5) is 42.0. The molecule has 4 unspecified atom stereocenters. The molecule has 3 aromatic carbocycles. The first kappa shape index (κ1) is 26.9. The van der Waals surface area contributed by atoms with Crippen molar-refractivity contribution in [2.45, 2.75) is 31.3 Å². The summed E-state index contributed by atoms with van der Waals surface area (Å²) in [5.74, 6) is -4.56. The standard InChI is InChI=1S/C31H30FNO5/c1-20-8-7-11-23(18-20)29(35)27-25(17-12-21-9-5-4-6-10-21)33(26(34)19-38-3)31(2,30(36)37)28(27)22-13-15-24(32)16-14-22/h4-18,25,27-28H,19H2,1-3H3,(H,36,37). The number of hydrogen-bond acceptors (Lipinski definition) is 4. The molecule has 0 radical (unpaired) electrons. The van der Waals surface area contributed by atoms with Gasteiger partial charge < -0.3 is 14.7 Å². The zero-order valence-electron chi connectivity index (χ0n) is 21.5. The van der Waals surface area contributed by atoms with Crippen molar-refractivity contribution in [2.75, 3.05) is 13.7 Å². The number of amides is 1. The van der Waals surface area contributed by atoms with Gasteiger partial charge in [-0.15, -0.1) is 0 Å². The fourth-order valence-electron chi connectivity index (χ4n) is 5.50. The number of carboxylic acids is 1. The molecule has 0 aliphatic carbocycles. The van der Waals surface area contributed by atoms with E-state index in [2.05, 4.69) is 0 Å². The largest absolute Gasteiger partial charge is 0.479 e. The van der Waals surface area contributed by atoms with Gasteiger partial charge in [-0.2, -0.15) is 0 Å². The number of Topliss-reactive ketones (excluding diaryl/α,β-unsaturated/α-hetero) is 1. The van der Waals surface area contributed by atoms with Crippen LogP contribution in [0.5, 0.6) is 0 Å². The maximum Gasteiger partial charge on any atom is 0.330 e. The summed E-state index contributed by atoms with van der Waals surface area (Å²) in [6.45, 7) is 2.95. The minimum absolute atomic E-state index is 0.300. The Morgan fingerprint density at radius 1 is 1.03 bits per heavy atom. The average molecular weight is 516 g/mol. The van der Waals surface area contributed by atoms with Crippen LogP contribution in [0.4, 0.5) is 4.39 Å². The third kappa shape index (κ3) is 5.02. The number of likely N-dealkylation sites (tertiary alicyclic amines) is 1. The summed E-state index contributed by atoms with van der Waals surface area (Å²) < 4.78 is 19.0. The molecule has 1 fully saturated rings. The van der Waals surface area contributed by atoms with Gasteiger partial charge in [0.1, 0.15) is 18.0 Å². The SMILES string of the molecule is COCC(=O)N1C(C=Cc2ccccc2)C(C(=O)c2cccc(C)c2)C(c2ccc(F)cc2)C1(C)C(=O)O. The number of methoxy groups -OCH3 is 1. The van der Waals surface area contributed by atoms with Crippen LogP contribution in [-0.4, -0.2) is 53.0 Å². The summed E-state index contributed by atoms with van der Waals surface area (Å²) in [6, 6.07) is 20.9. The Balaban J connectivity index is 1.98. The van der Waals surface area contributed by atoms with Crippen molar-refractivity contribution in [3.63, 3.8) is 0 Å². The molecule has 38 heavy (non-hydrogen) atoms. The highest BCUT2D eigenvalue weighted by molar-refractivity contribution is 6.02. The third-order valence-electron chi connectivity index (χ3n) is 7.22. The molecule has 1 saturated heterocycles. The molecule has 0 bridgehead atoms. The van der Waals surface area contributed by atoms with Crippen LogP contribution in [0.25, 0.3) is 6.08 Å². The minimum Gasteiger partial charge on any atom is -0.479 e. The van der Waals surface area contributed by atoms with Crippen molar-refractivity contribution in [1.82, 2.24) is 4.90 Å². The summed E-state index contributed by atoms with van der Waals surface area (Å²) in [6.07, 6.45) is 3.50. The Morgan fingerprint density at radius 3 is 2.32 bits per heavy atom. The van der Waals surface area contributed by atoms with Gasteiger partial charge in [-0.25, -0.2) is 9.18 Å². The predicted octanol–water partition coefficient (Wildman–Crippen LogP) is 5.13. The van der Waals surface area contributed by atoms with Crippen LogP contribution in [0.3, 0.4) is 0 Å². The van der Waals surface area contributed by atoms with E-state index in [-0.39, 0.29) is 12.4 Å². The fraction of sp³-hybridized carbons (Fsp3) is 0.258. The van der Waals surface area contributed by atoms with Crippen LogP contribution in [0.2, 0.25) is 0 Å². The van der Waals surface area contributed by atoms with E-state index in [1.165, 1.54) is 43.2 Å². The van der Waals surface area contributed by atoms with Crippen LogP contribution in [0, 0.1) is 18.7 Å². The molecule has 196 valence electrons. The molecule has 4 rings (SSSR count). The molecule has 0 saturated carbocycles. The Hall–Kier alpha value is -4.10. The van der Waals surface area contributed by atoms with E-state index < -0.39 is 41.1 Å². The van der Waals surface area contributed by atoms with Gasteiger partial charge in [-0.05, 0) is 43.2 Å². The zero-order valence-corrected chi connectivity index (χ0v) is 21.5. The third-order valence-corrected chi connectivity index (χ3v) is 7.22. The topological polar surface area (TPSA) is 83.9 Å². The van der Waals surface area contributed by atoms with Crippen molar-refractivity contribution >= 4 is 23.7 Å². The van der Waals surface area contributed by atoms with Crippen LogP contribution in [-0.2, 0) is 14.3 Å². The Kier molecular flexibility index (Phi) is 7.88. The predicted molar refractivity (Wildman–Crippen MR) is 142 cm³/mol. The summed E-state index contributed by atoms with van der Waals surface area (Å²) >= 11 is 0. The van der Waals surface area contributed by atoms with Gasteiger partial charge >= 0.3 is 5.97 Å². The van der Waals surface area contributed by atoms with Gasteiger partial charge in [0.2, 0.25) is 5.91 Å². The van der Waals surface area contributed by atoms with Crippen molar-refractivity contribution in [2.24, 2.45) is 5.92 Å². The lowest BCUT2D eigenvalue weighted by Crippen LogP contribution is -2.56. The van der Waals surface area contributed by atoms with Gasteiger partial charge in [0.05, 0.1) is 12.0 Å². The van der Waals surface area contributed by atoms with E-state index in [9.17, 15) is 23.9 Å². The first-order valence-electron chi connectivity index (χ1n) is 12.3.